The van der Waals surface area contributed by atoms with Gasteiger partial charge in [-0.15, -0.1) is 0 Å². The van der Waals surface area contributed by atoms with Crippen LogP contribution in [0.5, 0.6) is 0 Å². The molecule has 0 spiro atoms. The van der Waals surface area contributed by atoms with Crippen molar-refractivity contribution in [1.29, 1.82) is 5.26 Å². The standard InChI is InChI=1S/C17H17ClN2/c1-11-4-5-12(2)16(8-11)13(3)20-17-9-15(18)7-6-14(17)10-19/h4-9,13,20H,1-3H3. The molecule has 2 aromatic rings. The molecule has 0 amide bonds. The molecule has 0 bridgehead atoms. The molecular weight excluding hydrogens is 268 g/mol. The molecule has 1 N–H and O–H groups in total. The Kier molecular flexibility index (Phi) is 4.32. The van der Waals surface area contributed by atoms with Crippen LogP contribution in [0, 0.1) is 25.2 Å². The van der Waals surface area contributed by atoms with Crippen LogP contribution >= 0.6 is 11.6 Å². The largest absolute Gasteiger partial charge is 0.377 e. The second-order valence-electron chi connectivity index (χ2n) is 5.03. The second kappa shape index (κ2) is 5.98. The summed E-state index contributed by atoms with van der Waals surface area (Å²) in [6.45, 7) is 6.26. The Morgan fingerprint density at radius 3 is 2.60 bits per heavy atom. The van der Waals surface area contributed by atoms with Gasteiger partial charge < -0.3 is 5.32 Å². The molecule has 2 aromatic carbocycles. The van der Waals surface area contributed by atoms with E-state index in [0.29, 0.717) is 10.6 Å². The number of anilines is 1. The van der Waals surface area contributed by atoms with Crippen molar-refractivity contribution in [3.63, 3.8) is 0 Å². The van der Waals surface area contributed by atoms with Gasteiger partial charge in [-0.25, -0.2) is 0 Å². The molecule has 0 radical (unpaired) electrons. The summed E-state index contributed by atoms with van der Waals surface area (Å²) in [4.78, 5) is 0. The smallest absolute Gasteiger partial charge is 0.101 e. The molecule has 0 heterocycles. The monoisotopic (exact) mass is 284 g/mol. The maximum atomic E-state index is 9.16. The van der Waals surface area contributed by atoms with Crippen LogP contribution in [0.25, 0.3) is 0 Å². The van der Waals surface area contributed by atoms with E-state index in [2.05, 4.69) is 50.4 Å². The van der Waals surface area contributed by atoms with Crippen LogP contribution in [-0.4, -0.2) is 0 Å². The Hall–Kier alpha value is -1.98. The Morgan fingerprint density at radius 2 is 1.90 bits per heavy atom. The molecule has 1 atom stereocenters. The van der Waals surface area contributed by atoms with Gasteiger partial charge in [0.25, 0.3) is 0 Å². The first kappa shape index (κ1) is 14.4. The first-order valence-corrected chi connectivity index (χ1v) is 6.92. The van der Waals surface area contributed by atoms with Gasteiger partial charge in [0.15, 0.2) is 0 Å². The highest BCUT2D eigenvalue weighted by Gasteiger charge is 2.11. The fourth-order valence-corrected chi connectivity index (χ4v) is 2.44. The molecule has 102 valence electrons. The quantitative estimate of drug-likeness (QED) is 0.861. The average Bonchev–Trinajstić information content (AvgIpc) is 2.41. The number of benzene rings is 2. The second-order valence-corrected chi connectivity index (χ2v) is 5.46. The third-order valence-corrected chi connectivity index (χ3v) is 3.61. The molecule has 3 heteroatoms. The topological polar surface area (TPSA) is 35.8 Å². The van der Waals surface area contributed by atoms with Gasteiger partial charge in [0.05, 0.1) is 11.3 Å². The summed E-state index contributed by atoms with van der Waals surface area (Å²) in [6, 6.07) is 13.9. The summed E-state index contributed by atoms with van der Waals surface area (Å²) < 4.78 is 0. The summed E-state index contributed by atoms with van der Waals surface area (Å²) in [6.07, 6.45) is 0. The normalized spacial score (nSPS) is 11.8. The lowest BCUT2D eigenvalue weighted by atomic mass is 9.99. The molecule has 0 saturated heterocycles. The van der Waals surface area contributed by atoms with Crippen molar-refractivity contribution in [2.75, 3.05) is 5.32 Å². The summed E-state index contributed by atoms with van der Waals surface area (Å²) >= 11 is 6.01. The summed E-state index contributed by atoms with van der Waals surface area (Å²) in [5.41, 5.74) is 5.07. The van der Waals surface area contributed by atoms with Crippen LogP contribution in [-0.2, 0) is 0 Å². The van der Waals surface area contributed by atoms with Crippen LogP contribution in [0.2, 0.25) is 5.02 Å². The number of nitrogens with one attached hydrogen (secondary N) is 1. The summed E-state index contributed by atoms with van der Waals surface area (Å²) in [7, 11) is 0. The Balaban J connectivity index is 2.32. The molecule has 0 aromatic heterocycles. The number of rotatable bonds is 3. The number of hydrogen-bond acceptors (Lipinski definition) is 2. The lowest BCUT2D eigenvalue weighted by Crippen LogP contribution is -2.09. The highest BCUT2D eigenvalue weighted by atomic mass is 35.5. The molecule has 1 unspecified atom stereocenters. The highest BCUT2D eigenvalue weighted by molar-refractivity contribution is 6.30. The van der Waals surface area contributed by atoms with E-state index in [1.807, 2.05) is 0 Å². The molecule has 0 saturated carbocycles. The van der Waals surface area contributed by atoms with Gasteiger partial charge in [0.1, 0.15) is 6.07 Å². The van der Waals surface area contributed by atoms with E-state index >= 15 is 0 Å². The van der Waals surface area contributed by atoms with Gasteiger partial charge in [-0.3, -0.25) is 0 Å². The van der Waals surface area contributed by atoms with Gasteiger partial charge in [-0.2, -0.15) is 5.26 Å². The molecule has 0 fully saturated rings. The minimum Gasteiger partial charge on any atom is -0.377 e. The van der Waals surface area contributed by atoms with E-state index in [9.17, 15) is 0 Å². The average molecular weight is 285 g/mol. The lowest BCUT2D eigenvalue weighted by molar-refractivity contribution is 0.871. The molecule has 2 rings (SSSR count). The van der Waals surface area contributed by atoms with E-state index in [4.69, 9.17) is 16.9 Å². The van der Waals surface area contributed by atoms with Gasteiger partial charge in [0, 0.05) is 11.1 Å². The van der Waals surface area contributed by atoms with E-state index in [1.54, 1.807) is 18.2 Å². The van der Waals surface area contributed by atoms with Crippen LogP contribution < -0.4 is 5.32 Å². The minimum absolute atomic E-state index is 0.112. The zero-order chi connectivity index (χ0) is 14.7. The van der Waals surface area contributed by atoms with Crippen molar-refractivity contribution in [1.82, 2.24) is 0 Å². The number of hydrogen-bond donors (Lipinski definition) is 1. The predicted octanol–water partition coefficient (Wildman–Crippen LogP) is 5.00. The van der Waals surface area contributed by atoms with Crippen LogP contribution in [0.4, 0.5) is 5.69 Å². The van der Waals surface area contributed by atoms with Crippen molar-refractivity contribution in [2.45, 2.75) is 26.8 Å². The minimum atomic E-state index is 0.112. The third kappa shape index (κ3) is 3.12. The van der Waals surface area contributed by atoms with E-state index in [-0.39, 0.29) is 6.04 Å². The fraction of sp³-hybridized carbons (Fsp3) is 0.235. The fourth-order valence-electron chi connectivity index (χ4n) is 2.27. The zero-order valence-corrected chi connectivity index (χ0v) is 12.6. The van der Waals surface area contributed by atoms with Crippen molar-refractivity contribution in [3.8, 4) is 6.07 Å². The third-order valence-electron chi connectivity index (χ3n) is 3.38. The first-order chi connectivity index (χ1) is 9.51. The Labute approximate surface area is 125 Å². The van der Waals surface area contributed by atoms with Crippen LogP contribution in [0.15, 0.2) is 36.4 Å². The van der Waals surface area contributed by atoms with Gasteiger partial charge in [0.2, 0.25) is 0 Å². The molecule has 2 nitrogen and oxygen atoms in total. The lowest BCUT2D eigenvalue weighted by Gasteiger charge is -2.19. The van der Waals surface area contributed by atoms with Crippen molar-refractivity contribution in [3.05, 3.63) is 63.7 Å². The molecule has 0 aliphatic heterocycles. The molecule has 20 heavy (non-hydrogen) atoms. The maximum Gasteiger partial charge on any atom is 0.101 e. The number of halogens is 1. The van der Waals surface area contributed by atoms with Gasteiger partial charge >= 0.3 is 0 Å². The zero-order valence-electron chi connectivity index (χ0n) is 11.9. The first-order valence-electron chi connectivity index (χ1n) is 6.54. The number of nitriles is 1. The van der Waals surface area contributed by atoms with Crippen LogP contribution in [0.1, 0.15) is 35.2 Å². The summed E-state index contributed by atoms with van der Waals surface area (Å²) in [5, 5.41) is 13.2. The van der Waals surface area contributed by atoms with E-state index in [1.165, 1.54) is 16.7 Å². The molecular formula is C17H17ClN2. The van der Waals surface area contributed by atoms with Gasteiger partial charge in [-0.1, -0.05) is 35.4 Å². The van der Waals surface area contributed by atoms with Crippen molar-refractivity contribution in [2.24, 2.45) is 0 Å². The Morgan fingerprint density at radius 1 is 1.15 bits per heavy atom. The predicted molar refractivity (Wildman–Crippen MR) is 84.1 cm³/mol. The van der Waals surface area contributed by atoms with Crippen LogP contribution in [0.3, 0.4) is 0 Å². The van der Waals surface area contributed by atoms with Gasteiger partial charge in [-0.05, 0) is 50.1 Å². The molecule has 0 aliphatic rings. The van der Waals surface area contributed by atoms with Crippen molar-refractivity contribution >= 4 is 17.3 Å². The molecule has 0 aliphatic carbocycles. The Bertz CT molecular complexity index is 671. The SMILES string of the molecule is Cc1ccc(C)c(C(C)Nc2cc(Cl)ccc2C#N)c1. The summed E-state index contributed by atoms with van der Waals surface area (Å²) in [5.74, 6) is 0. The van der Waals surface area contributed by atoms with E-state index in [0.717, 1.165) is 5.69 Å². The number of aryl methyl sites for hydroxylation is 2. The maximum absolute atomic E-state index is 9.16. The van der Waals surface area contributed by atoms with Crippen molar-refractivity contribution < 1.29 is 0 Å². The van der Waals surface area contributed by atoms with E-state index < -0.39 is 0 Å². The highest BCUT2D eigenvalue weighted by Crippen LogP contribution is 2.27. The number of nitrogens with zero attached hydrogens (tertiary/aromatic N) is 1.